The first-order chi connectivity index (χ1) is 15.0. The van der Waals surface area contributed by atoms with E-state index in [1.807, 2.05) is 0 Å². The topological polar surface area (TPSA) is 158 Å². The lowest BCUT2D eigenvalue weighted by molar-refractivity contribution is -0.129. The van der Waals surface area contributed by atoms with E-state index in [-0.39, 0.29) is 45.7 Å². The minimum atomic E-state index is -3.98. The Kier molecular flexibility index (Phi) is 7.28. The van der Waals surface area contributed by atoms with Crippen molar-refractivity contribution in [1.29, 1.82) is 0 Å². The van der Waals surface area contributed by atoms with Crippen LogP contribution < -0.4 is 10.9 Å². The number of benzene rings is 1. The molecule has 4 N–H and O–H groups in total. The molecule has 0 radical (unpaired) electrons. The van der Waals surface area contributed by atoms with Gasteiger partial charge in [-0.25, -0.2) is 27.3 Å². The number of aromatic nitrogens is 3. The molecule has 0 bridgehead atoms. The predicted molar refractivity (Wildman–Crippen MR) is 111 cm³/mol. The number of amides is 1. The summed E-state index contributed by atoms with van der Waals surface area (Å²) in [6.07, 6.45) is 1.24. The van der Waals surface area contributed by atoms with Crippen molar-refractivity contribution in [2.45, 2.75) is 23.0 Å². The van der Waals surface area contributed by atoms with Crippen molar-refractivity contribution in [2.24, 2.45) is 5.14 Å². The van der Waals surface area contributed by atoms with Gasteiger partial charge >= 0.3 is 6.01 Å². The van der Waals surface area contributed by atoms with Crippen molar-refractivity contribution in [3.8, 4) is 0 Å². The molecule has 32 heavy (non-hydrogen) atoms. The highest BCUT2D eigenvalue weighted by atomic mass is 35.5. The number of primary sulfonamides is 1. The molecule has 0 unspecified atom stereocenters. The Labute approximate surface area is 190 Å². The zero-order chi connectivity index (χ0) is 23.5. The largest absolute Gasteiger partial charge is 0.406 e. The molecule has 0 atom stereocenters. The van der Waals surface area contributed by atoms with Gasteiger partial charge in [-0.2, -0.15) is 0 Å². The Balaban J connectivity index is 1.78. The van der Waals surface area contributed by atoms with Crippen LogP contribution in [-0.4, -0.2) is 40.2 Å². The van der Waals surface area contributed by atoms with Crippen LogP contribution in [0.1, 0.15) is 11.5 Å². The summed E-state index contributed by atoms with van der Waals surface area (Å²) in [6.45, 7) is -0.156. The fourth-order valence-electron chi connectivity index (χ4n) is 2.49. The van der Waals surface area contributed by atoms with Gasteiger partial charge in [0.05, 0.1) is 17.3 Å². The number of anilines is 1. The van der Waals surface area contributed by atoms with Gasteiger partial charge in [0.25, 0.3) is 10.0 Å². The monoisotopic (exact) mass is 504 g/mol. The van der Waals surface area contributed by atoms with Gasteiger partial charge in [-0.05, 0) is 17.7 Å². The number of halogens is 3. The van der Waals surface area contributed by atoms with E-state index in [4.69, 9.17) is 26.9 Å². The van der Waals surface area contributed by atoms with Gasteiger partial charge in [0.15, 0.2) is 5.03 Å². The van der Waals surface area contributed by atoms with Crippen LogP contribution in [0.4, 0.5) is 14.8 Å². The molecule has 0 saturated carbocycles. The average molecular weight is 505 g/mol. The van der Waals surface area contributed by atoms with Gasteiger partial charge in [0.2, 0.25) is 11.8 Å². The van der Waals surface area contributed by atoms with E-state index < -0.39 is 27.6 Å². The average Bonchev–Trinajstić information content (AvgIpc) is 3.13. The van der Waals surface area contributed by atoms with Crippen LogP contribution in [0, 0.1) is 11.6 Å². The lowest BCUT2D eigenvalue weighted by Gasteiger charge is -2.21. The summed E-state index contributed by atoms with van der Waals surface area (Å²) < 4.78 is 54.9. The third kappa shape index (κ3) is 6.12. The quantitative estimate of drug-likeness (QED) is 0.345. The number of nitrogens with two attached hydrogens (primary N) is 2. The smallest absolute Gasteiger partial charge is 0.312 e. The maximum absolute atomic E-state index is 13.6. The first-order valence-corrected chi connectivity index (χ1v) is 11.5. The molecular formula is C17H15ClF2N6O4S2. The Morgan fingerprint density at radius 3 is 2.56 bits per heavy atom. The SMILES string of the molecule is Nc1nnc(CN(Cc2ccc(S(N)(=O)=O)nc2)C(=O)CSc2cc(F)cc(F)c2Cl)o1. The van der Waals surface area contributed by atoms with Crippen molar-refractivity contribution >= 4 is 45.3 Å². The van der Waals surface area contributed by atoms with E-state index in [2.05, 4.69) is 15.2 Å². The third-order valence-electron chi connectivity index (χ3n) is 3.93. The van der Waals surface area contributed by atoms with Gasteiger partial charge < -0.3 is 15.1 Å². The molecule has 3 rings (SSSR count). The molecule has 0 aliphatic carbocycles. The zero-order valence-corrected chi connectivity index (χ0v) is 18.4. The first kappa shape index (κ1) is 23.8. The maximum atomic E-state index is 13.6. The Bertz CT molecular complexity index is 1240. The molecule has 0 spiro atoms. The molecular weight excluding hydrogens is 490 g/mol. The van der Waals surface area contributed by atoms with E-state index in [9.17, 15) is 22.0 Å². The lowest BCUT2D eigenvalue weighted by atomic mass is 10.2. The summed E-state index contributed by atoms with van der Waals surface area (Å²) in [5.41, 5.74) is 5.88. The van der Waals surface area contributed by atoms with Crippen LogP contribution in [-0.2, 0) is 27.9 Å². The van der Waals surface area contributed by atoms with Gasteiger partial charge in [0, 0.05) is 23.7 Å². The number of thioether (sulfide) groups is 1. The molecule has 0 saturated heterocycles. The Morgan fingerprint density at radius 1 is 1.22 bits per heavy atom. The standard InChI is InChI=1S/C17H15ClF2N6O4S2/c18-16-11(20)3-10(19)4-12(16)31-8-15(27)26(7-13-24-25-17(21)30-13)6-9-1-2-14(23-5-9)32(22,28)29/h1-5H,6-8H2,(H2,21,25)(H2,22,28,29). The van der Waals surface area contributed by atoms with Crippen LogP contribution in [0.5, 0.6) is 0 Å². The number of sulfonamides is 1. The molecule has 15 heteroatoms. The van der Waals surface area contributed by atoms with Gasteiger partial charge in [-0.3, -0.25) is 4.79 Å². The molecule has 1 amide bonds. The van der Waals surface area contributed by atoms with E-state index in [0.717, 1.165) is 17.8 Å². The minimum Gasteiger partial charge on any atom is -0.406 e. The van der Waals surface area contributed by atoms with Gasteiger partial charge in [0.1, 0.15) is 11.6 Å². The molecule has 10 nitrogen and oxygen atoms in total. The van der Waals surface area contributed by atoms with Crippen LogP contribution >= 0.6 is 23.4 Å². The lowest BCUT2D eigenvalue weighted by Crippen LogP contribution is -2.31. The van der Waals surface area contributed by atoms with Crippen LogP contribution in [0.25, 0.3) is 0 Å². The fraction of sp³-hybridized carbons (Fsp3) is 0.176. The Morgan fingerprint density at radius 2 is 1.97 bits per heavy atom. The summed E-state index contributed by atoms with van der Waals surface area (Å²) in [5, 5.41) is 11.6. The van der Waals surface area contributed by atoms with Crippen molar-refractivity contribution < 1.29 is 26.4 Å². The highest BCUT2D eigenvalue weighted by molar-refractivity contribution is 8.00. The second-order valence-electron chi connectivity index (χ2n) is 6.32. The number of nitrogen functional groups attached to an aromatic ring is 1. The highest BCUT2D eigenvalue weighted by Gasteiger charge is 2.20. The second-order valence-corrected chi connectivity index (χ2v) is 9.23. The number of carbonyl (C=O) groups excluding carboxylic acids is 1. The van der Waals surface area contributed by atoms with Crippen molar-refractivity contribution in [1.82, 2.24) is 20.1 Å². The minimum absolute atomic E-state index is 0.0230. The third-order valence-corrected chi connectivity index (χ3v) is 6.28. The maximum Gasteiger partial charge on any atom is 0.312 e. The number of nitrogens with zero attached hydrogens (tertiary/aromatic N) is 4. The summed E-state index contributed by atoms with van der Waals surface area (Å²) in [7, 11) is -3.98. The van der Waals surface area contributed by atoms with Gasteiger partial charge in [-0.15, -0.1) is 16.9 Å². The first-order valence-electron chi connectivity index (χ1n) is 8.63. The molecule has 0 aliphatic heterocycles. The van der Waals surface area contributed by atoms with Gasteiger partial charge in [-0.1, -0.05) is 22.8 Å². The van der Waals surface area contributed by atoms with E-state index in [1.54, 1.807) is 0 Å². The van der Waals surface area contributed by atoms with Crippen LogP contribution in [0.3, 0.4) is 0 Å². The second kappa shape index (κ2) is 9.77. The molecule has 2 heterocycles. The molecule has 1 aromatic carbocycles. The van der Waals surface area contributed by atoms with E-state index in [0.29, 0.717) is 11.6 Å². The number of pyridine rings is 1. The zero-order valence-electron chi connectivity index (χ0n) is 16.0. The number of hydrogen-bond acceptors (Lipinski definition) is 9. The van der Waals surface area contributed by atoms with E-state index in [1.165, 1.54) is 23.2 Å². The number of carbonyl (C=O) groups is 1. The molecule has 0 aliphatic rings. The fourth-order valence-corrected chi connectivity index (χ4v) is 4.10. The summed E-state index contributed by atoms with van der Waals surface area (Å²) in [5.74, 6) is -2.43. The normalized spacial score (nSPS) is 11.5. The predicted octanol–water partition coefficient (Wildman–Crippen LogP) is 1.95. The van der Waals surface area contributed by atoms with Crippen molar-refractivity contribution in [3.05, 3.63) is 58.6 Å². The number of hydrogen-bond donors (Lipinski definition) is 2. The van der Waals surface area contributed by atoms with Crippen LogP contribution in [0.2, 0.25) is 5.02 Å². The van der Waals surface area contributed by atoms with E-state index >= 15 is 0 Å². The molecule has 2 aromatic heterocycles. The molecule has 170 valence electrons. The highest BCUT2D eigenvalue weighted by Crippen LogP contribution is 2.30. The van der Waals surface area contributed by atoms with Crippen molar-refractivity contribution in [3.63, 3.8) is 0 Å². The Hall–Kier alpha value is -2.81. The molecule has 3 aromatic rings. The van der Waals surface area contributed by atoms with Crippen molar-refractivity contribution in [2.75, 3.05) is 11.5 Å². The van der Waals surface area contributed by atoms with Crippen LogP contribution in [0.15, 0.2) is 44.8 Å². The molecule has 0 fully saturated rings. The summed E-state index contributed by atoms with van der Waals surface area (Å²) >= 11 is 6.68. The summed E-state index contributed by atoms with van der Waals surface area (Å²) in [4.78, 5) is 18.0. The summed E-state index contributed by atoms with van der Waals surface area (Å²) in [6, 6.07) is 4.09. The number of rotatable bonds is 8.